The number of nitrogens with one attached hydrogen (secondary N) is 1. The van der Waals surface area contributed by atoms with Gasteiger partial charge in [-0.05, 0) is 76.2 Å². The molecular weight excluding hydrogens is 540 g/mol. The highest BCUT2D eigenvalue weighted by Gasteiger charge is 2.23. The first-order valence-electron chi connectivity index (χ1n) is 14.6. The number of hydrogen-bond acceptors (Lipinski definition) is 6. The first-order valence-corrected chi connectivity index (χ1v) is 14.6. The van der Waals surface area contributed by atoms with Crippen molar-refractivity contribution >= 4 is 22.6 Å². The lowest BCUT2D eigenvalue weighted by Crippen LogP contribution is -2.43. The lowest BCUT2D eigenvalue weighted by Gasteiger charge is -2.19. The minimum Gasteiger partial charge on any atom is -0.494 e. The Morgan fingerprint density at radius 2 is 1.47 bits per heavy atom. The van der Waals surface area contributed by atoms with E-state index in [0.29, 0.717) is 12.4 Å². The molecule has 1 amide bonds. The summed E-state index contributed by atoms with van der Waals surface area (Å²) < 4.78 is 16.9. The molecule has 1 atom stereocenters. The molecule has 0 fully saturated rings. The first-order chi connectivity index (χ1) is 20.3. The average Bonchev–Trinajstić information content (AvgIpc) is 2.96. The third kappa shape index (κ3) is 9.05. The highest BCUT2D eigenvalue weighted by Crippen LogP contribution is 2.29. The maximum Gasteiger partial charge on any atom is 0.328 e. The molecule has 3 aromatic carbocycles. The Balaban J connectivity index is 1.40. The predicted octanol–water partition coefficient (Wildman–Crippen LogP) is 7.65. The number of pyridine rings is 1. The van der Waals surface area contributed by atoms with E-state index >= 15 is 0 Å². The molecule has 0 aliphatic carbocycles. The number of carbonyl (C=O) groups excluding carboxylic acids is 2. The molecule has 1 heterocycles. The molecule has 0 saturated carbocycles. The Morgan fingerprint density at radius 1 is 0.814 bits per heavy atom. The van der Waals surface area contributed by atoms with Crippen LogP contribution in [0.4, 0.5) is 0 Å². The van der Waals surface area contributed by atoms with Crippen LogP contribution in [0.15, 0.2) is 79.0 Å². The van der Waals surface area contributed by atoms with E-state index in [-0.39, 0.29) is 22.9 Å². The van der Waals surface area contributed by atoms with Gasteiger partial charge in [0.15, 0.2) is 0 Å². The third-order valence-corrected chi connectivity index (χ3v) is 7.16. The molecule has 0 spiro atoms. The SMILES string of the molecule is COC(=O)[C@H](Cc1ccc(OCCC(C)(C)C)cc1)NC(=O)c1cc2ccc(Oc3ccc(C(C)(C)C)cc3)cc2cn1. The minimum atomic E-state index is -0.872. The van der Waals surface area contributed by atoms with Gasteiger partial charge in [-0.3, -0.25) is 9.78 Å². The highest BCUT2D eigenvalue weighted by atomic mass is 16.5. The van der Waals surface area contributed by atoms with E-state index in [4.69, 9.17) is 14.2 Å². The molecular formula is C36H42N2O5. The van der Waals surface area contributed by atoms with Crippen molar-refractivity contribution in [1.29, 1.82) is 0 Å². The largest absolute Gasteiger partial charge is 0.494 e. The summed E-state index contributed by atoms with van der Waals surface area (Å²) in [5.74, 6) is 1.19. The van der Waals surface area contributed by atoms with E-state index in [1.165, 1.54) is 12.7 Å². The molecule has 0 radical (unpaired) electrons. The number of esters is 1. The molecule has 226 valence electrons. The standard InChI is InChI=1S/C36H42N2O5/c1-35(2,3)18-19-42-28-13-8-24(9-14-28)20-32(34(40)41-7)38-33(39)31-22-25-10-15-30(21-26(25)23-37-31)43-29-16-11-27(12-17-29)36(4,5)6/h8-17,21-23,32H,18-20H2,1-7H3,(H,38,39)/t32-/m0/s1. The summed E-state index contributed by atoms with van der Waals surface area (Å²) >= 11 is 0. The number of hydrogen-bond donors (Lipinski definition) is 1. The number of ether oxygens (including phenoxy) is 3. The normalized spacial score (nSPS) is 12.4. The summed E-state index contributed by atoms with van der Waals surface area (Å²) in [4.78, 5) is 30.1. The second kappa shape index (κ2) is 13.3. The van der Waals surface area contributed by atoms with Crippen LogP contribution in [0.5, 0.6) is 17.2 Å². The Morgan fingerprint density at radius 3 is 2.09 bits per heavy atom. The minimum absolute atomic E-state index is 0.0701. The third-order valence-electron chi connectivity index (χ3n) is 7.16. The molecule has 43 heavy (non-hydrogen) atoms. The number of nitrogens with zero attached hydrogens (tertiary/aromatic N) is 1. The smallest absolute Gasteiger partial charge is 0.328 e. The fourth-order valence-electron chi connectivity index (χ4n) is 4.47. The van der Waals surface area contributed by atoms with Crippen LogP contribution >= 0.6 is 0 Å². The van der Waals surface area contributed by atoms with Crippen LogP contribution in [0, 0.1) is 5.41 Å². The lowest BCUT2D eigenvalue weighted by atomic mass is 9.87. The van der Waals surface area contributed by atoms with Gasteiger partial charge < -0.3 is 19.5 Å². The highest BCUT2D eigenvalue weighted by molar-refractivity contribution is 5.98. The number of aromatic nitrogens is 1. The fourth-order valence-corrected chi connectivity index (χ4v) is 4.47. The number of benzene rings is 3. The summed E-state index contributed by atoms with van der Waals surface area (Å²) in [5.41, 5.74) is 2.57. The predicted molar refractivity (Wildman–Crippen MR) is 170 cm³/mol. The Hall–Kier alpha value is -4.39. The van der Waals surface area contributed by atoms with Crippen LogP contribution in [0.25, 0.3) is 10.8 Å². The van der Waals surface area contributed by atoms with Crippen molar-refractivity contribution in [3.05, 3.63) is 95.8 Å². The monoisotopic (exact) mass is 582 g/mol. The Kier molecular flexibility index (Phi) is 9.74. The zero-order valence-corrected chi connectivity index (χ0v) is 26.2. The van der Waals surface area contributed by atoms with Gasteiger partial charge >= 0.3 is 5.97 Å². The molecule has 4 rings (SSSR count). The molecule has 0 aliphatic rings. The number of carbonyl (C=O) groups is 2. The summed E-state index contributed by atoms with van der Waals surface area (Å²) in [6, 6.07) is 22.0. The Labute approximate surface area is 254 Å². The van der Waals surface area contributed by atoms with Crippen LogP contribution in [-0.4, -0.2) is 36.6 Å². The molecule has 0 bridgehead atoms. The number of amides is 1. The van der Waals surface area contributed by atoms with Crippen LogP contribution in [0.1, 0.15) is 69.6 Å². The van der Waals surface area contributed by atoms with Gasteiger partial charge in [0.25, 0.3) is 5.91 Å². The summed E-state index contributed by atoms with van der Waals surface area (Å²) in [6.07, 6.45) is 2.84. The number of methoxy groups -OCH3 is 1. The molecule has 1 N–H and O–H groups in total. The van der Waals surface area contributed by atoms with Gasteiger partial charge in [-0.25, -0.2) is 4.79 Å². The van der Waals surface area contributed by atoms with E-state index in [9.17, 15) is 9.59 Å². The molecule has 0 unspecified atom stereocenters. The van der Waals surface area contributed by atoms with Crippen LogP contribution in [-0.2, 0) is 21.4 Å². The Bertz CT molecular complexity index is 1550. The van der Waals surface area contributed by atoms with E-state index in [1.807, 2.05) is 54.6 Å². The summed E-state index contributed by atoms with van der Waals surface area (Å²) in [5, 5.41) is 4.44. The van der Waals surface area contributed by atoms with Gasteiger partial charge in [-0.1, -0.05) is 71.9 Å². The van der Waals surface area contributed by atoms with Gasteiger partial charge in [0, 0.05) is 18.0 Å². The van der Waals surface area contributed by atoms with Crippen molar-refractivity contribution in [2.75, 3.05) is 13.7 Å². The van der Waals surface area contributed by atoms with Crippen molar-refractivity contribution < 1.29 is 23.8 Å². The molecule has 4 aromatic rings. The van der Waals surface area contributed by atoms with Crippen LogP contribution in [0.3, 0.4) is 0 Å². The maximum atomic E-state index is 13.1. The van der Waals surface area contributed by atoms with Crippen molar-refractivity contribution in [1.82, 2.24) is 10.3 Å². The molecule has 1 aromatic heterocycles. The van der Waals surface area contributed by atoms with E-state index in [0.717, 1.165) is 34.3 Å². The lowest BCUT2D eigenvalue weighted by molar-refractivity contribution is -0.142. The van der Waals surface area contributed by atoms with Crippen molar-refractivity contribution in [2.45, 2.75) is 65.8 Å². The van der Waals surface area contributed by atoms with Gasteiger partial charge in [-0.2, -0.15) is 0 Å². The van der Waals surface area contributed by atoms with E-state index < -0.39 is 17.9 Å². The summed E-state index contributed by atoms with van der Waals surface area (Å²) in [7, 11) is 1.31. The van der Waals surface area contributed by atoms with Crippen LogP contribution < -0.4 is 14.8 Å². The molecule has 0 aliphatic heterocycles. The second-order valence-electron chi connectivity index (χ2n) is 13.0. The fraction of sp³-hybridized carbons (Fsp3) is 0.361. The number of fused-ring (bicyclic) bond motifs is 1. The van der Waals surface area contributed by atoms with Crippen LogP contribution in [0.2, 0.25) is 0 Å². The summed E-state index contributed by atoms with van der Waals surface area (Å²) in [6.45, 7) is 13.7. The van der Waals surface area contributed by atoms with Crippen molar-refractivity contribution in [2.24, 2.45) is 5.41 Å². The quantitative estimate of drug-likeness (QED) is 0.193. The van der Waals surface area contributed by atoms with Crippen molar-refractivity contribution in [3.63, 3.8) is 0 Å². The van der Waals surface area contributed by atoms with Gasteiger partial charge in [0.2, 0.25) is 0 Å². The zero-order valence-electron chi connectivity index (χ0n) is 26.2. The zero-order chi connectivity index (χ0) is 31.2. The van der Waals surface area contributed by atoms with Gasteiger partial charge in [0.1, 0.15) is 29.0 Å². The maximum absolute atomic E-state index is 13.1. The first kappa shape index (κ1) is 31.5. The second-order valence-corrected chi connectivity index (χ2v) is 13.0. The van der Waals surface area contributed by atoms with Gasteiger partial charge in [-0.15, -0.1) is 0 Å². The molecule has 0 saturated heterocycles. The van der Waals surface area contributed by atoms with Crippen molar-refractivity contribution in [3.8, 4) is 17.2 Å². The van der Waals surface area contributed by atoms with Gasteiger partial charge in [0.05, 0.1) is 13.7 Å². The molecule has 7 heteroatoms. The topological polar surface area (TPSA) is 86.8 Å². The van der Waals surface area contributed by atoms with E-state index in [1.54, 1.807) is 12.3 Å². The average molecular weight is 583 g/mol. The van der Waals surface area contributed by atoms with E-state index in [2.05, 4.69) is 64.0 Å². The number of rotatable bonds is 10. The molecule has 7 nitrogen and oxygen atoms in total.